The van der Waals surface area contributed by atoms with E-state index in [0.717, 1.165) is 5.56 Å². The number of aryl methyl sites for hydroxylation is 1. The fourth-order valence-corrected chi connectivity index (χ4v) is 1.19. The second-order valence-electron chi connectivity index (χ2n) is 3.25. The molecule has 0 aliphatic carbocycles. The Hall–Kier alpha value is -1.32. The summed E-state index contributed by atoms with van der Waals surface area (Å²) in [5, 5.41) is 12.8. The number of aromatic carboxylic acids is 1. The Kier molecular flexibility index (Phi) is 2.70. The summed E-state index contributed by atoms with van der Waals surface area (Å²) in [6.45, 7) is 6.56. The van der Waals surface area contributed by atoms with Crippen LogP contribution in [-0.2, 0) is 6.54 Å². The molecule has 0 saturated carbocycles. The first-order valence-electron chi connectivity index (χ1n) is 4.36. The summed E-state index contributed by atoms with van der Waals surface area (Å²) >= 11 is 0. The molecule has 0 amide bonds. The van der Waals surface area contributed by atoms with Crippen LogP contribution in [0.5, 0.6) is 0 Å². The zero-order valence-corrected chi connectivity index (χ0v) is 8.11. The van der Waals surface area contributed by atoms with Gasteiger partial charge in [-0.3, -0.25) is 4.68 Å². The standard InChI is InChI=1S/C9H14N2O2/c1-4-11-5-7(6(2)3)8(10-11)9(12)13/h5-6H,4H2,1-3H3,(H,12,13). The van der Waals surface area contributed by atoms with Gasteiger partial charge in [-0.05, 0) is 12.8 Å². The second kappa shape index (κ2) is 3.60. The largest absolute Gasteiger partial charge is 0.476 e. The van der Waals surface area contributed by atoms with Crippen molar-refractivity contribution in [2.45, 2.75) is 33.2 Å². The van der Waals surface area contributed by atoms with Gasteiger partial charge >= 0.3 is 5.97 Å². The van der Waals surface area contributed by atoms with E-state index in [4.69, 9.17) is 5.11 Å². The van der Waals surface area contributed by atoms with Gasteiger partial charge < -0.3 is 5.11 Å². The highest BCUT2D eigenvalue weighted by molar-refractivity contribution is 5.87. The van der Waals surface area contributed by atoms with Gasteiger partial charge in [0.25, 0.3) is 0 Å². The summed E-state index contributed by atoms with van der Waals surface area (Å²) in [7, 11) is 0. The van der Waals surface area contributed by atoms with Gasteiger partial charge in [0.05, 0.1) is 0 Å². The first kappa shape index (κ1) is 9.77. The molecule has 4 heteroatoms. The van der Waals surface area contributed by atoms with Crippen molar-refractivity contribution in [3.05, 3.63) is 17.5 Å². The van der Waals surface area contributed by atoms with E-state index in [0.29, 0.717) is 6.54 Å². The lowest BCUT2D eigenvalue weighted by atomic mass is 10.0. The van der Waals surface area contributed by atoms with Crippen molar-refractivity contribution in [3.8, 4) is 0 Å². The van der Waals surface area contributed by atoms with E-state index in [1.165, 1.54) is 0 Å². The van der Waals surface area contributed by atoms with E-state index in [-0.39, 0.29) is 11.6 Å². The molecule has 0 aliphatic heterocycles. The maximum atomic E-state index is 10.8. The van der Waals surface area contributed by atoms with Crippen LogP contribution in [0.2, 0.25) is 0 Å². The van der Waals surface area contributed by atoms with Gasteiger partial charge in [-0.15, -0.1) is 0 Å². The zero-order chi connectivity index (χ0) is 10.0. The molecular weight excluding hydrogens is 168 g/mol. The summed E-state index contributed by atoms with van der Waals surface area (Å²) in [5.41, 5.74) is 0.978. The molecule has 1 aromatic rings. The van der Waals surface area contributed by atoms with E-state index < -0.39 is 5.97 Å². The Labute approximate surface area is 77.2 Å². The van der Waals surface area contributed by atoms with Gasteiger partial charge in [-0.1, -0.05) is 13.8 Å². The van der Waals surface area contributed by atoms with Crippen LogP contribution in [0, 0.1) is 0 Å². The average Bonchev–Trinajstić information content (AvgIpc) is 2.47. The molecule has 1 N–H and O–H groups in total. The third-order valence-corrected chi connectivity index (χ3v) is 1.94. The van der Waals surface area contributed by atoms with Crippen molar-refractivity contribution < 1.29 is 9.90 Å². The predicted molar refractivity (Wildman–Crippen MR) is 48.9 cm³/mol. The van der Waals surface area contributed by atoms with Crippen molar-refractivity contribution >= 4 is 5.97 Å². The summed E-state index contributed by atoms with van der Waals surface area (Å²) in [6, 6.07) is 0. The molecule has 0 unspecified atom stereocenters. The normalized spacial score (nSPS) is 10.8. The maximum Gasteiger partial charge on any atom is 0.356 e. The number of aromatic nitrogens is 2. The Balaban J connectivity index is 3.15. The lowest BCUT2D eigenvalue weighted by Crippen LogP contribution is -2.03. The number of rotatable bonds is 3. The molecular formula is C9H14N2O2. The third kappa shape index (κ3) is 1.88. The van der Waals surface area contributed by atoms with Crippen LogP contribution in [-0.4, -0.2) is 20.9 Å². The second-order valence-corrected chi connectivity index (χ2v) is 3.25. The highest BCUT2D eigenvalue weighted by Gasteiger charge is 2.17. The van der Waals surface area contributed by atoms with Gasteiger partial charge in [0.2, 0.25) is 0 Å². The summed E-state index contributed by atoms with van der Waals surface area (Å²) in [6.07, 6.45) is 1.80. The first-order chi connectivity index (χ1) is 6.06. The van der Waals surface area contributed by atoms with Gasteiger partial charge in [-0.25, -0.2) is 4.79 Å². The van der Waals surface area contributed by atoms with Crippen molar-refractivity contribution in [2.75, 3.05) is 0 Å². The van der Waals surface area contributed by atoms with E-state index in [9.17, 15) is 4.79 Å². The van der Waals surface area contributed by atoms with Gasteiger partial charge in [0.1, 0.15) is 0 Å². The Morgan fingerprint density at radius 2 is 2.31 bits per heavy atom. The molecule has 0 radical (unpaired) electrons. The number of nitrogens with zero attached hydrogens (tertiary/aromatic N) is 2. The minimum Gasteiger partial charge on any atom is -0.476 e. The Morgan fingerprint density at radius 1 is 1.69 bits per heavy atom. The highest BCUT2D eigenvalue weighted by atomic mass is 16.4. The van der Waals surface area contributed by atoms with Crippen molar-refractivity contribution in [1.29, 1.82) is 0 Å². The molecule has 0 aliphatic rings. The van der Waals surface area contributed by atoms with Crippen LogP contribution in [0.4, 0.5) is 0 Å². The highest BCUT2D eigenvalue weighted by Crippen LogP contribution is 2.18. The topological polar surface area (TPSA) is 55.1 Å². The molecule has 0 spiro atoms. The van der Waals surface area contributed by atoms with E-state index >= 15 is 0 Å². The predicted octanol–water partition coefficient (Wildman–Crippen LogP) is 1.72. The smallest absolute Gasteiger partial charge is 0.356 e. The first-order valence-corrected chi connectivity index (χ1v) is 4.36. The Bertz CT molecular complexity index is 315. The van der Waals surface area contributed by atoms with Crippen molar-refractivity contribution in [3.63, 3.8) is 0 Å². The fraction of sp³-hybridized carbons (Fsp3) is 0.556. The quantitative estimate of drug-likeness (QED) is 0.774. The van der Waals surface area contributed by atoms with Crippen LogP contribution >= 0.6 is 0 Å². The number of carboxylic acid groups (broad SMARTS) is 1. The molecule has 0 saturated heterocycles. The van der Waals surface area contributed by atoms with E-state index in [1.54, 1.807) is 10.9 Å². The Morgan fingerprint density at radius 3 is 2.62 bits per heavy atom. The van der Waals surface area contributed by atoms with Gasteiger partial charge in [0.15, 0.2) is 5.69 Å². The lowest BCUT2D eigenvalue weighted by Gasteiger charge is -2.00. The lowest BCUT2D eigenvalue weighted by molar-refractivity contribution is 0.0688. The molecule has 1 aromatic heterocycles. The van der Waals surface area contributed by atoms with Crippen LogP contribution in [0.3, 0.4) is 0 Å². The molecule has 72 valence electrons. The number of carbonyl (C=O) groups is 1. The molecule has 13 heavy (non-hydrogen) atoms. The monoisotopic (exact) mass is 182 g/mol. The van der Waals surface area contributed by atoms with Crippen molar-refractivity contribution in [2.24, 2.45) is 0 Å². The minimum absolute atomic E-state index is 0.178. The SMILES string of the molecule is CCn1cc(C(C)C)c(C(=O)O)n1. The van der Waals surface area contributed by atoms with Crippen LogP contribution in [0.25, 0.3) is 0 Å². The molecule has 1 heterocycles. The molecule has 4 nitrogen and oxygen atoms in total. The minimum atomic E-state index is -0.948. The molecule has 0 atom stereocenters. The maximum absolute atomic E-state index is 10.8. The zero-order valence-electron chi connectivity index (χ0n) is 8.11. The average molecular weight is 182 g/mol. The van der Waals surface area contributed by atoms with Gasteiger partial charge in [0, 0.05) is 18.3 Å². The van der Waals surface area contributed by atoms with Crippen LogP contribution < -0.4 is 0 Å². The van der Waals surface area contributed by atoms with E-state index in [1.807, 2.05) is 20.8 Å². The third-order valence-electron chi connectivity index (χ3n) is 1.94. The number of hydrogen-bond donors (Lipinski definition) is 1. The molecule has 1 rings (SSSR count). The van der Waals surface area contributed by atoms with E-state index in [2.05, 4.69) is 5.10 Å². The fourth-order valence-electron chi connectivity index (χ4n) is 1.19. The summed E-state index contributed by atoms with van der Waals surface area (Å²) < 4.78 is 1.65. The molecule has 0 aromatic carbocycles. The summed E-state index contributed by atoms with van der Waals surface area (Å²) in [4.78, 5) is 10.8. The molecule has 0 bridgehead atoms. The number of hydrogen-bond acceptors (Lipinski definition) is 2. The van der Waals surface area contributed by atoms with Crippen LogP contribution in [0.1, 0.15) is 42.7 Å². The van der Waals surface area contributed by atoms with Gasteiger partial charge in [-0.2, -0.15) is 5.10 Å². The molecule has 0 fully saturated rings. The number of carboxylic acids is 1. The van der Waals surface area contributed by atoms with Crippen LogP contribution in [0.15, 0.2) is 6.20 Å². The summed E-state index contributed by atoms with van der Waals surface area (Å²) in [5.74, 6) is -0.748. The van der Waals surface area contributed by atoms with Crippen molar-refractivity contribution in [1.82, 2.24) is 9.78 Å².